The third kappa shape index (κ3) is 5.25. The van der Waals surface area contributed by atoms with Crippen molar-refractivity contribution in [3.05, 3.63) is 35.9 Å². The van der Waals surface area contributed by atoms with E-state index in [1.54, 1.807) is 30.3 Å². The van der Waals surface area contributed by atoms with Gasteiger partial charge < -0.3 is 19.8 Å². The third-order valence-electron chi connectivity index (χ3n) is 3.04. The SMILES string of the molecule is CC(C)C(Cc1ccccc1)(C(=O)[O-])C(=O)[O-].[K+].[Na+]. The van der Waals surface area contributed by atoms with Crippen molar-refractivity contribution in [3.63, 3.8) is 0 Å². The Morgan fingerprint density at radius 1 is 1.11 bits per heavy atom. The average molecular weight is 296 g/mol. The molecule has 1 rings (SSSR count). The molecular formula is C13H14KNaO4. The molecule has 6 heteroatoms. The van der Waals surface area contributed by atoms with Gasteiger partial charge in [0.2, 0.25) is 0 Å². The van der Waals surface area contributed by atoms with E-state index in [2.05, 4.69) is 0 Å². The maximum Gasteiger partial charge on any atom is 1.00 e. The van der Waals surface area contributed by atoms with Crippen LogP contribution in [0, 0.1) is 11.3 Å². The van der Waals surface area contributed by atoms with E-state index < -0.39 is 23.3 Å². The van der Waals surface area contributed by atoms with Gasteiger partial charge in [0, 0.05) is 0 Å². The van der Waals surface area contributed by atoms with Crippen LogP contribution in [-0.4, -0.2) is 11.9 Å². The first kappa shape index (κ1) is 22.1. The van der Waals surface area contributed by atoms with Crippen LogP contribution >= 0.6 is 0 Å². The number of hydrogen-bond acceptors (Lipinski definition) is 4. The van der Waals surface area contributed by atoms with Gasteiger partial charge in [0.15, 0.2) is 0 Å². The zero-order chi connectivity index (χ0) is 13.1. The summed E-state index contributed by atoms with van der Waals surface area (Å²) in [6.45, 7) is 3.07. The second-order valence-corrected chi connectivity index (χ2v) is 4.36. The number of carbonyl (C=O) groups is 2. The molecule has 0 atom stereocenters. The van der Waals surface area contributed by atoms with Crippen LogP contribution in [-0.2, 0) is 16.0 Å². The third-order valence-corrected chi connectivity index (χ3v) is 3.04. The molecule has 0 saturated heterocycles. The van der Waals surface area contributed by atoms with Gasteiger partial charge in [-0.05, 0) is 17.9 Å². The summed E-state index contributed by atoms with van der Waals surface area (Å²) in [6, 6.07) is 8.60. The van der Waals surface area contributed by atoms with Gasteiger partial charge in [0.25, 0.3) is 0 Å². The summed E-state index contributed by atoms with van der Waals surface area (Å²) in [4.78, 5) is 22.4. The van der Waals surface area contributed by atoms with Gasteiger partial charge in [-0.25, -0.2) is 0 Å². The summed E-state index contributed by atoms with van der Waals surface area (Å²) in [6.07, 6.45) is -0.129. The van der Waals surface area contributed by atoms with E-state index in [0.717, 1.165) is 0 Å². The number of hydrogen-bond donors (Lipinski definition) is 0. The Hall–Kier alpha value is 0.796. The van der Waals surface area contributed by atoms with E-state index in [1.165, 1.54) is 13.8 Å². The molecule has 0 unspecified atom stereocenters. The predicted octanol–water partition coefficient (Wildman–Crippen LogP) is -6.62. The van der Waals surface area contributed by atoms with Crippen LogP contribution in [0.5, 0.6) is 0 Å². The summed E-state index contributed by atoms with van der Waals surface area (Å²) in [5.74, 6) is -3.81. The molecule has 0 aliphatic carbocycles. The number of carboxylic acids is 2. The number of carbonyl (C=O) groups excluding carboxylic acids is 2. The van der Waals surface area contributed by atoms with Gasteiger partial charge in [0.05, 0.1) is 17.4 Å². The van der Waals surface area contributed by atoms with Crippen molar-refractivity contribution in [3.8, 4) is 0 Å². The molecule has 0 aliphatic rings. The first-order valence-corrected chi connectivity index (χ1v) is 5.38. The van der Waals surface area contributed by atoms with E-state index in [0.29, 0.717) is 5.56 Å². The van der Waals surface area contributed by atoms with Gasteiger partial charge in [-0.2, -0.15) is 0 Å². The molecule has 0 radical (unpaired) electrons. The van der Waals surface area contributed by atoms with Crippen LogP contribution in [0.1, 0.15) is 19.4 Å². The van der Waals surface area contributed by atoms with Crippen LogP contribution in [0.3, 0.4) is 0 Å². The molecule has 0 saturated carbocycles. The molecule has 0 amide bonds. The topological polar surface area (TPSA) is 80.3 Å². The Labute approximate surface area is 177 Å². The van der Waals surface area contributed by atoms with Gasteiger partial charge in [0.1, 0.15) is 0 Å². The van der Waals surface area contributed by atoms with Gasteiger partial charge >= 0.3 is 80.9 Å². The fraction of sp³-hybridized carbons (Fsp3) is 0.385. The number of aliphatic carboxylic acids is 2. The Bertz CT molecular complexity index is 406. The van der Waals surface area contributed by atoms with Gasteiger partial charge in [-0.15, -0.1) is 0 Å². The Kier molecular flexibility index (Phi) is 11.3. The normalized spacial score (nSPS) is 10.3. The van der Waals surface area contributed by atoms with E-state index in [1.807, 2.05) is 0 Å². The monoisotopic (exact) mass is 296 g/mol. The molecule has 0 aromatic heterocycles. The van der Waals surface area contributed by atoms with Crippen LogP contribution < -0.4 is 91.2 Å². The minimum atomic E-state index is -1.98. The van der Waals surface area contributed by atoms with E-state index in [-0.39, 0.29) is 87.4 Å². The number of benzene rings is 1. The Morgan fingerprint density at radius 3 is 1.84 bits per heavy atom. The molecule has 0 aliphatic heterocycles. The van der Waals surface area contributed by atoms with Gasteiger partial charge in [-0.1, -0.05) is 44.2 Å². The van der Waals surface area contributed by atoms with Crippen molar-refractivity contribution < 1.29 is 101 Å². The largest absolute Gasteiger partial charge is 1.00 e. The molecule has 0 bridgehead atoms. The number of carboxylic acid groups (broad SMARTS) is 2. The molecular weight excluding hydrogens is 282 g/mol. The molecule has 0 N–H and O–H groups in total. The molecule has 0 fully saturated rings. The molecule has 1 aromatic carbocycles. The smallest absolute Gasteiger partial charge is 0.549 e. The van der Waals surface area contributed by atoms with Crippen LogP contribution in [0.25, 0.3) is 0 Å². The van der Waals surface area contributed by atoms with Crippen molar-refractivity contribution in [1.29, 1.82) is 0 Å². The number of rotatable bonds is 5. The summed E-state index contributed by atoms with van der Waals surface area (Å²) in [5, 5.41) is 22.4. The minimum absolute atomic E-state index is 0. The predicted molar refractivity (Wildman–Crippen MR) is 57.4 cm³/mol. The van der Waals surface area contributed by atoms with Crippen molar-refractivity contribution in [2.75, 3.05) is 0 Å². The zero-order valence-electron chi connectivity index (χ0n) is 11.8. The van der Waals surface area contributed by atoms with Crippen molar-refractivity contribution >= 4 is 11.9 Å². The summed E-state index contributed by atoms with van der Waals surface area (Å²) in [7, 11) is 0. The van der Waals surface area contributed by atoms with Crippen molar-refractivity contribution in [2.45, 2.75) is 20.3 Å². The maximum absolute atomic E-state index is 11.2. The van der Waals surface area contributed by atoms with Crippen molar-refractivity contribution in [2.24, 2.45) is 11.3 Å². The van der Waals surface area contributed by atoms with E-state index in [4.69, 9.17) is 0 Å². The molecule has 0 heterocycles. The average Bonchev–Trinajstić information content (AvgIpc) is 2.25. The maximum atomic E-state index is 11.2. The minimum Gasteiger partial charge on any atom is -0.549 e. The van der Waals surface area contributed by atoms with Crippen molar-refractivity contribution in [1.82, 2.24) is 0 Å². The molecule has 1 aromatic rings. The summed E-state index contributed by atoms with van der Waals surface area (Å²) >= 11 is 0. The first-order chi connectivity index (χ1) is 7.91. The van der Waals surface area contributed by atoms with E-state index >= 15 is 0 Å². The fourth-order valence-electron chi connectivity index (χ4n) is 1.82. The summed E-state index contributed by atoms with van der Waals surface area (Å²) in [5.41, 5.74) is -1.35. The second-order valence-electron chi connectivity index (χ2n) is 4.36. The summed E-state index contributed by atoms with van der Waals surface area (Å²) < 4.78 is 0. The first-order valence-electron chi connectivity index (χ1n) is 5.38. The molecule has 92 valence electrons. The molecule has 19 heavy (non-hydrogen) atoms. The van der Waals surface area contributed by atoms with E-state index in [9.17, 15) is 19.8 Å². The Balaban J connectivity index is 0. The van der Waals surface area contributed by atoms with Crippen LogP contribution in [0.2, 0.25) is 0 Å². The molecule has 0 spiro atoms. The fourth-order valence-corrected chi connectivity index (χ4v) is 1.82. The zero-order valence-corrected chi connectivity index (χ0v) is 16.9. The quantitative estimate of drug-likeness (QED) is 0.400. The molecule has 4 nitrogen and oxygen atoms in total. The van der Waals surface area contributed by atoms with Gasteiger partial charge in [-0.3, -0.25) is 0 Å². The second kappa shape index (κ2) is 9.68. The standard InChI is InChI=1S/C13H16O4.K.Na/c1-9(2)13(11(14)15,12(16)17)8-10-6-4-3-5-7-10;;/h3-7,9H,8H2,1-2H3,(H,14,15)(H,16,17);;/q;2*+1/p-2. The Morgan fingerprint density at radius 2 is 1.53 bits per heavy atom. The van der Waals surface area contributed by atoms with Crippen LogP contribution in [0.15, 0.2) is 30.3 Å². The van der Waals surface area contributed by atoms with Crippen LogP contribution in [0.4, 0.5) is 0 Å².